The Hall–Kier alpha value is -2.60. The molecule has 0 amide bonds. The summed E-state index contributed by atoms with van der Waals surface area (Å²) in [6.07, 6.45) is 12.8. The molecule has 1 unspecified atom stereocenters. The lowest BCUT2D eigenvalue weighted by molar-refractivity contribution is 0.718. The summed E-state index contributed by atoms with van der Waals surface area (Å²) in [4.78, 5) is 0. The Morgan fingerprint density at radius 2 is 1.86 bits per heavy atom. The molecule has 28 heavy (non-hydrogen) atoms. The van der Waals surface area contributed by atoms with Crippen LogP contribution < -0.4 is 0 Å². The maximum atomic E-state index is 4.72. The van der Waals surface area contributed by atoms with Gasteiger partial charge >= 0.3 is 0 Å². The minimum Gasteiger partial charge on any atom is -0.0942 e. The van der Waals surface area contributed by atoms with Crippen LogP contribution in [0.25, 0.3) is 5.57 Å². The number of aryl methyl sites for hydroxylation is 2. The SMILES string of the molecule is C=C1/C=C(/CC)CCc2ccccc2C12C1=C(CCC=C1)c1ccc(C)cc12. The van der Waals surface area contributed by atoms with Crippen LogP contribution in [0.3, 0.4) is 0 Å². The fourth-order valence-electron chi connectivity index (χ4n) is 5.59. The van der Waals surface area contributed by atoms with E-state index in [1.54, 1.807) is 0 Å². The maximum absolute atomic E-state index is 4.72. The van der Waals surface area contributed by atoms with Crippen LogP contribution in [-0.2, 0) is 11.8 Å². The zero-order valence-electron chi connectivity index (χ0n) is 17.0. The summed E-state index contributed by atoms with van der Waals surface area (Å²) in [5.41, 5.74) is 12.6. The highest BCUT2D eigenvalue weighted by atomic mass is 14.5. The van der Waals surface area contributed by atoms with E-state index < -0.39 is 0 Å². The van der Waals surface area contributed by atoms with Gasteiger partial charge in [-0.05, 0) is 78.0 Å². The van der Waals surface area contributed by atoms with Crippen molar-refractivity contribution in [3.63, 3.8) is 0 Å². The maximum Gasteiger partial charge on any atom is 0.0707 e. The van der Waals surface area contributed by atoms with Crippen LogP contribution in [0.15, 0.2) is 84.0 Å². The van der Waals surface area contributed by atoms with Gasteiger partial charge in [-0.25, -0.2) is 0 Å². The zero-order chi connectivity index (χ0) is 19.3. The van der Waals surface area contributed by atoms with Crippen molar-refractivity contribution in [3.8, 4) is 0 Å². The number of fused-ring (bicyclic) bond motifs is 6. The molecule has 0 saturated heterocycles. The quantitative estimate of drug-likeness (QED) is 0.500. The summed E-state index contributed by atoms with van der Waals surface area (Å²) in [7, 11) is 0. The first kappa shape index (κ1) is 17.5. The van der Waals surface area contributed by atoms with Gasteiger partial charge in [0.2, 0.25) is 0 Å². The van der Waals surface area contributed by atoms with E-state index >= 15 is 0 Å². The van der Waals surface area contributed by atoms with Crippen molar-refractivity contribution in [1.82, 2.24) is 0 Å². The van der Waals surface area contributed by atoms with Crippen molar-refractivity contribution in [2.75, 3.05) is 0 Å². The van der Waals surface area contributed by atoms with Gasteiger partial charge in [0.15, 0.2) is 0 Å². The van der Waals surface area contributed by atoms with Gasteiger partial charge in [-0.2, -0.15) is 0 Å². The van der Waals surface area contributed by atoms with Crippen molar-refractivity contribution >= 4 is 5.57 Å². The van der Waals surface area contributed by atoms with Crippen LogP contribution in [0.2, 0.25) is 0 Å². The standard InChI is InChI=1S/C28H28/c1-4-21-14-15-22-9-5-7-11-25(22)28(20(3)18-21)26-12-8-6-10-23(26)24-16-13-19(2)17-27(24)28/h5,7-9,11-13,16-18H,3-4,6,10,14-15H2,1-2H3/b21-18-. The molecule has 0 heteroatoms. The Labute approximate surface area is 169 Å². The summed E-state index contributed by atoms with van der Waals surface area (Å²) in [6, 6.07) is 16.1. The number of allylic oxidation sites excluding steroid dienone is 7. The molecule has 0 radical (unpaired) electrons. The predicted molar refractivity (Wildman–Crippen MR) is 120 cm³/mol. The molecule has 1 atom stereocenters. The Morgan fingerprint density at radius 1 is 1.00 bits per heavy atom. The molecule has 5 rings (SSSR count). The van der Waals surface area contributed by atoms with Crippen LogP contribution in [0, 0.1) is 6.92 Å². The van der Waals surface area contributed by atoms with E-state index in [-0.39, 0.29) is 5.41 Å². The molecule has 0 nitrogen and oxygen atoms in total. The van der Waals surface area contributed by atoms with Gasteiger partial charge < -0.3 is 0 Å². The number of hydrogen-bond donors (Lipinski definition) is 0. The van der Waals surface area contributed by atoms with Crippen molar-refractivity contribution in [1.29, 1.82) is 0 Å². The van der Waals surface area contributed by atoms with E-state index in [0.29, 0.717) is 0 Å². The molecule has 2 aromatic carbocycles. The predicted octanol–water partition coefficient (Wildman–Crippen LogP) is 7.24. The van der Waals surface area contributed by atoms with Gasteiger partial charge in [-0.15, -0.1) is 0 Å². The van der Waals surface area contributed by atoms with Gasteiger partial charge in [-0.3, -0.25) is 0 Å². The fraction of sp³-hybridized carbons (Fsp3) is 0.286. The second-order valence-corrected chi connectivity index (χ2v) is 8.47. The first-order valence-electron chi connectivity index (χ1n) is 10.6. The van der Waals surface area contributed by atoms with Gasteiger partial charge in [0, 0.05) is 0 Å². The Kier molecular flexibility index (Phi) is 4.05. The lowest BCUT2D eigenvalue weighted by Gasteiger charge is -2.38. The first-order chi connectivity index (χ1) is 13.7. The highest BCUT2D eigenvalue weighted by molar-refractivity contribution is 5.89. The number of benzene rings is 2. The highest BCUT2D eigenvalue weighted by Crippen LogP contribution is 2.58. The third-order valence-corrected chi connectivity index (χ3v) is 6.93. The summed E-state index contributed by atoms with van der Waals surface area (Å²) in [5, 5.41) is 0. The molecule has 3 aliphatic carbocycles. The van der Waals surface area contributed by atoms with Crippen molar-refractivity contribution in [2.45, 2.75) is 51.4 Å². The van der Waals surface area contributed by atoms with E-state index in [4.69, 9.17) is 6.58 Å². The smallest absolute Gasteiger partial charge is 0.0707 e. The molecule has 0 fully saturated rings. The molecule has 0 aromatic heterocycles. The molecule has 140 valence electrons. The molecule has 0 saturated carbocycles. The van der Waals surface area contributed by atoms with Gasteiger partial charge in [0.05, 0.1) is 5.41 Å². The summed E-state index contributed by atoms with van der Waals surface area (Å²) in [6.45, 7) is 9.21. The number of rotatable bonds is 1. The zero-order valence-corrected chi connectivity index (χ0v) is 17.0. The Morgan fingerprint density at radius 3 is 2.71 bits per heavy atom. The summed E-state index contributed by atoms with van der Waals surface area (Å²) >= 11 is 0. The van der Waals surface area contributed by atoms with Crippen molar-refractivity contribution in [3.05, 3.63) is 112 Å². The molecule has 0 N–H and O–H groups in total. The van der Waals surface area contributed by atoms with Crippen LogP contribution in [-0.4, -0.2) is 0 Å². The van der Waals surface area contributed by atoms with E-state index in [1.165, 1.54) is 50.1 Å². The molecule has 1 spiro atoms. The average molecular weight is 365 g/mol. The largest absolute Gasteiger partial charge is 0.0942 e. The molecule has 0 aliphatic heterocycles. The molecule has 0 bridgehead atoms. The average Bonchev–Trinajstić information content (AvgIpc) is 3.00. The van der Waals surface area contributed by atoms with Crippen LogP contribution in [0.4, 0.5) is 0 Å². The second-order valence-electron chi connectivity index (χ2n) is 8.47. The minimum atomic E-state index is -0.245. The van der Waals surface area contributed by atoms with Crippen LogP contribution in [0.1, 0.15) is 60.4 Å². The Balaban J connectivity index is 1.92. The third-order valence-electron chi connectivity index (χ3n) is 6.93. The first-order valence-corrected chi connectivity index (χ1v) is 10.6. The lowest BCUT2D eigenvalue weighted by Crippen LogP contribution is -2.32. The molecule has 3 aliphatic rings. The molecular formula is C28H28. The Bertz CT molecular complexity index is 1070. The lowest BCUT2D eigenvalue weighted by atomic mass is 9.63. The normalized spacial score (nSPS) is 24.9. The van der Waals surface area contributed by atoms with Crippen LogP contribution in [0.5, 0.6) is 0 Å². The van der Waals surface area contributed by atoms with Crippen molar-refractivity contribution in [2.24, 2.45) is 0 Å². The summed E-state index contributed by atoms with van der Waals surface area (Å²) < 4.78 is 0. The van der Waals surface area contributed by atoms with Gasteiger partial charge in [-0.1, -0.05) is 85.3 Å². The van der Waals surface area contributed by atoms with E-state index in [0.717, 1.165) is 32.1 Å². The number of hydrogen-bond acceptors (Lipinski definition) is 0. The molecule has 0 heterocycles. The van der Waals surface area contributed by atoms with Gasteiger partial charge in [0.25, 0.3) is 0 Å². The van der Waals surface area contributed by atoms with Crippen molar-refractivity contribution < 1.29 is 0 Å². The molecular weight excluding hydrogens is 336 g/mol. The van der Waals surface area contributed by atoms with E-state index in [2.05, 4.69) is 74.5 Å². The van der Waals surface area contributed by atoms with E-state index in [9.17, 15) is 0 Å². The summed E-state index contributed by atoms with van der Waals surface area (Å²) in [5.74, 6) is 0. The van der Waals surface area contributed by atoms with Gasteiger partial charge in [0.1, 0.15) is 0 Å². The monoisotopic (exact) mass is 364 g/mol. The minimum absolute atomic E-state index is 0.245. The fourth-order valence-corrected chi connectivity index (χ4v) is 5.59. The van der Waals surface area contributed by atoms with E-state index in [1.807, 2.05) is 0 Å². The third kappa shape index (κ3) is 2.30. The van der Waals surface area contributed by atoms with Crippen LogP contribution >= 0.6 is 0 Å². The molecule has 2 aromatic rings. The second kappa shape index (κ2) is 6.48. The topological polar surface area (TPSA) is 0 Å². The highest BCUT2D eigenvalue weighted by Gasteiger charge is 2.48.